The van der Waals surface area contributed by atoms with Crippen LogP contribution in [-0.4, -0.2) is 35.4 Å². The topological polar surface area (TPSA) is 122 Å². The van der Waals surface area contributed by atoms with E-state index in [0.29, 0.717) is 0 Å². The van der Waals surface area contributed by atoms with Gasteiger partial charge in [-0.25, -0.2) is 10.2 Å². The first-order valence-electron chi connectivity index (χ1n) is 3.38. The maximum atomic E-state index is 10.9. The fourth-order valence-electron chi connectivity index (χ4n) is 0.636. The third-order valence-corrected chi connectivity index (χ3v) is 1.11. The standard InChI is InChI=1S/C4H4N7O3.Fe/c12-11(13-3-5-1-7-9-3)14-4-6-2-8-10-4;/h1-2H,(H,5,7,9)(H,6,8,10);/q+1;. The summed E-state index contributed by atoms with van der Waals surface area (Å²) in [5.74, 6) is 0. The number of aromatic amines is 2. The fourth-order valence-corrected chi connectivity index (χ4v) is 0.636. The first-order valence-corrected chi connectivity index (χ1v) is 3.38. The van der Waals surface area contributed by atoms with Gasteiger partial charge in [0.2, 0.25) is 0 Å². The van der Waals surface area contributed by atoms with E-state index >= 15 is 0 Å². The summed E-state index contributed by atoms with van der Waals surface area (Å²) in [5.41, 5.74) is 0. The van der Waals surface area contributed by atoms with Crippen molar-refractivity contribution in [3.8, 4) is 12.0 Å². The summed E-state index contributed by atoms with van der Waals surface area (Å²) in [6, 6.07) is -0.195. The molecule has 2 rings (SSSR count). The van der Waals surface area contributed by atoms with Gasteiger partial charge in [-0.3, -0.25) is 0 Å². The van der Waals surface area contributed by atoms with Crippen molar-refractivity contribution >= 4 is 0 Å². The second-order valence-electron chi connectivity index (χ2n) is 1.99. The Balaban J connectivity index is 0.00000112. The predicted molar refractivity (Wildman–Crippen MR) is 37.6 cm³/mol. The number of hydrogen-bond donors (Lipinski definition) is 2. The van der Waals surface area contributed by atoms with Crippen LogP contribution < -0.4 is 9.68 Å². The molecule has 0 unspecified atom stereocenters. The van der Waals surface area contributed by atoms with E-state index in [0.717, 1.165) is 0 Å². The van der Waals surface area contributed by atoms with Crippen LogP contribution in [-0.2, 0) is 17.1 Å². The Morgan fingerprint density at radius 3 is 1.87 bits per heavy atom. The maximum Gasteiger partial charge on any atom is 0.495 e. The normalized spacial score (nSPS) is 9.07. The molecule has 80 valence electrons. The van der Waals surface area contributed by atoms with Gasteiger partial charge in [-0.1, -0.05) is 0 Å². The Labute approximate surface area is 92.4 Å². The van der Waals surface area contributed by atoms with Crippen LogP contribution in [0.25, 0.3) is 0 Å². The minimum absolute atomic E-state index is 0. The second-order valence-corrected chi connectivity index (χ2v) is 1.99. The Morgan fingerprint density at radius 1 is 1.07 bits per heavy atom. The Kier molecular flexibility index (Phi) is 3.71. The summed E-state index contributed by atoms with van der Waals surface area (Å²) in [6.45, 7) is 0. The minimum Gasteiger partial charge on any atom is -0.223 e. The Bertz CT molecular complexity index is 362. The van der Waals surface area contributed by atoms with Crippen LogP contribution >= 0.6 is 0 Å². The summed E-state index contributed by atoms with van der Waals surface area (Å²) >= 11 is 0. The average Bonchev–Trinajstić information content (AvgIpc) is 2.76. The summed E-state index contributed by atoms with van der Waals surface area (Å²) < 4.78 is 0. The summed E-state index contributed by atoms with van der Waals surface area (Å²) in [6.07, 6.45) is 2.36. The van der Waals surface area contributed by atoms with E-state index in [1.54, 1.807) is 0 Å². The van der Waals surface area contributed by atoms with E-state index in [-0.39, 0.29) is 34.2 Å². The van der Waals surface area contributed by atoms with Gasteiger partial charge in [0.25, 0.3) is 0 Å². The van der Waals surface area contributed by atoms with Gasteiger partial charge in [-0.2, -0.15) is 20.2 Å². The zero-order valence-electron chi connectivity index (χ0n) is 6.97. The molecular weight excluding hydrogens is 250 g/mol. The smallest absolute Gasteiger partial charge is 0.223 e. The number of nitrogens with one attached hydrogen (secondary N) is 2. The molecule has 15 heavy (non-hydrogen) atoms. The van der Waals surface area contributed by atoms with Gasteiger partial charge >= 0.3 is 17.1 Å². The van der Waals surface area contributed by atoms with E-state index in [4.69, 9.17) is 0 Å². The Morgan fingerprint density at radius 2 is 1.53 bits per heavy atom. The second kappa shape index (κ2) is 5.02. The first kappa shape index (κ1) is 11.1. The summed E-state index contributed by atoms with van der Waals surface area (Å²) in [4.78, 5) is 26.9. The third kappa shape index (κ3) is 3.00. The summed E-state index contributed by atoms with van der Waals surface area (Å²) in [7, 11) is 0. The molecule has 2 aromatic heterocycles. The molecular formula is C4H4FeN7O3+. The molecule has 2 N–H and O–H groups in total. The number of nitrogens with zero attached hydrogens (tertiary/aromatic N) is 5. The van der Waals surface area contributed by atoms with Gasteiger partial charge < -0.3 is 0 Å². The molecule has 0 saturated heterocycles. The van der Waals surface area contributed by atoms with Crippen LogP contribution in [0.5, 0.6) is 12.0 Å². The van der Waals surface area contributed by atoms with Crippen molar-refractivity contribution in [2.75, 3.05) is 0 Å². The molecule has 0 aliphatic carbocycles. The van der Waals surface area contributed by atoms with Crippen LogP contribution in [0.3, 0.4) is 0 Å². The van der Waals surface area contributed by atoms with Crippen molar-refractivity contribution < 1.29 is 31.8 Å². The molecule has 0 spiro atoms. The number of H-pyrrole nitrogens is 2. The van der Waals surface area contributed by atoms with Gasteiger partial charge in [0.05, 0.1) is 0 Å². The van der Waals surface area contributed by atoms with E-state index in [2.05, 4.69) is 40.0 Å². The molecule has 2 heterocycles. The molecule has 2 aromatic rings. The van der Waals surface area contributed by atoms with E-state index in [1.165, 1.54) is 12.7 Å². The van der Waals surface area contributed by atoms with Crippen molar-refractivity contribution in [1.29, 1.82) is 0 Å². The molecule has 0 aliphatic heterocycles. The van der Waals surface area contributed by atoms with Crippen LogP contribution in [0.15, 0.2) is 12.7 Å². The average molecular weight is 254 g/mol. The van der Waals surface area contributed by atoms with Crippen molar-refractivity contribution in [2.24, 2.45) is 0 Å². The number of rotatable bonds is 4. The molecule has 0 radical (unpaired) electrons. The summed E-state index contributed by atoms with van der Waals surface area (Å²) in [5, 5.41) is 11.3. The first-order chi connectivity index (χ1) is 6.84. The fraction of sp³-hybridized carbons (Fsp3) is 0. The largest absolute Gasteiger partial charge is 0.495 e. The molecule has 10 nitrogen and oxygen atoms in total. The van der Waals surface area contributed by atoms with Gasteiger partial charge in [0.15, 0.2) is 0 Å². The Hall–Kier alpha value is -2.00. The molecule has 0 saturated carbocycles. The van der Waals surface area contributed by atoms with E-state index < -0.39 is 0 Å². The zero-order valence-corrected chi connectivity index (χ0v) is 8.07. The van der Waals surface area contributed by atoms with Gasteiger partial charge in [-0.05, 0) is 0 Å². The third-order valence-electron chi connectivity index (χ3n) is 1.11. The number of aromatic nitrogens is 6. The van der Waals surface area contributed by atoms with Crippen LogP contribution in [0.2, 0.25) is 0 Å². The predicted octanol–water partition coefficient (Wildman–Crippen LogP) is -1.01. The van der Waals surface area contributed by atoms with Crippen molar-refractivity contribution in [1.82, 2.24) is 30.4 Å². The molecule has 0 aromatic carbocycles. The van der Waals surface area contributed by atoms with Crippen LogP contribution in [0.4, 0.5) is 0 Å². The zero-order chi connectivity index (χ0) is 9.80. The van der Waals surface area contributed by atoms with Gasteiger partial charge in [-0.15, -0.1) is 9.68 Å². The quantitative estimate of drug-likeness (QED) is 0.529. The number of hydrogen-bond acceptors (Lipinski definition) is 7. The van der Waals surface area contributed by atoms with Gasteiger partial charge in [0.1, 0.15) is 17.6 Å². The van der Waals surface area contributed by atoms with E-state index in [1.807, 2.05) is 0 Å². The van der Waals surface area contributed by atoms with Crippen LogP contribution in [0, 0.1) is 4.91 Å². The van der Waals surface area contributed by atoms with E-state index in [9.17, 15) is 4.91 Å². The van der Waals surface area contributed by atoms with Crippen molar-refractivity contribution in [2.45, 2.75) is 0 Å². The SMILES string of the molecule is O=[N+](Oc1ncn[nH]1)Oc1ncn[nH]1.[Fe]. The minimum atomic E-state index is -0.193. The molecule has 0 aliphatic rings. The molecule has 0 atom stereocenters. The van der Waals surface area contributed by atoms with Gasteiger partial charge in [0, 0.05) is 17.1 Å². The molecule has 0 bridgehead atoms. The monoisotopic (exact) mass is 254 g/mol. The molecule has 11 heteroatoms. The van der Waals surface area contributed by atoms with Crippen molar-refractivity contribution in [3.05, 3.63) is 17.6 Å². The van der Waals surface area contributed by atoms with Crippen LogP contribution in [0.1, 0.15) is 0 Å². The molecule has 0 amide bonds. The maximum absolute atomic E-state index is 10.9. The molecule has 0 fully saturated rings. The van der Waals surface area contributed by atoms with Crippen molar-refractivity contribution in [3.63, 3.8) is 0 Å².